The molecule has 0 radical (unpaired) electrons. The van der Waals surface area contributed by atoms with E-state index in [9.17, 15) is 4.79 Å². The second-order valence-electron chi connectivity index (χ2n) is 3.99. The Labute approximate surface area is 108 Å². The van der Waals surface area contributed by atoms with Crippen molar-refractivity contribution >= 4 is 33.7 Å². The van der Waals surface area contributed by atoms with E-state index in [1.165, 1.54) is 0 Å². The zero-order valence-corrected chi connectivity index (χ0v) is 11.1. The SMILES string of the molecule is O=C(O)C1CCCC1Sc1cccc(Br)c1. The van der Waals surface area contributed by atoms with Gasteiger partial charge in [0.25, 0.3) is 0 Å². The molecule has 0 spiro atoms. The van der Waals surface area contributed by atoms with E-state index in [0.717, 1.165) is 28.6 Å². The Bertz CT molecular complexity index is 394. The monoisotopic (exact) mass is 300 g/mol. The average molecular weight is 301 g/mol. The van der Waals surface area contributed by atoms with Gasteiger partial charge >= 0.3 is 5.97 Å². The van der Waals surface area contributed by atoms with Crippen molar-refractivity contribution in [1.82, 2.24) is 0 Å². The lowest BCUT2D eigenvalue weighted by Gasteiger charge is -2.15. The van der Waals surface area contributed by atoms with Crippen molar-refractivity contribution in [2.45, 2.75) is 29.4 Å². The van der Waals surface area contributed by atoms with Gasteiger partial charge in [0.2, 0.25) is 0 Å². The average Bonchev–Trinajstić information content (AvgIpc) is 2.66. The fourth-order valence-corrected chi connectivity index (χ4v) is 4.02. The number of benzene rings is 1. The lowest BCUT2D eigenvalue weighted by atomic mass is 10.1. The maximum absolute atomic E-state index is 11.0. The molecular weight excluding hydrogens is 288 g/mol. The first kappa shape index (κ1) is 12.0. The molecule has 86 valence electrons. The van der Waals surface area contributed by atoms with E-state index in [4.69, 9.17) is 5.11 Å². The molecule has 16 heavy (non-hydrogen) atoms. The zero-order valence-electron chi connectivity index (χ0n) is 8.73. The topological polar surface area (TPSA) is 37.3 Å². The van der Waals surface area contributed by atoms with Crippen LogP contribution in [0.4, 0.5) is 0 Å². The maximum Gasteiger partial charge on any atom is 0.307 e. The van der Waals surface area contributed by atoms with Crippen molar-refractivity contribution < 1.29 is 9.90 Å². The van der Waals surface area contributed by atoms with Gasteiger partial charge in [-0.15, -0.1) is 11.8 Å². The van der Waals surface area contributed by atoms with E-state index in [1.807, 2.05) is 24.3 Å². The summed E-state index contributed by atoms with van der Waals surface area (Å²) < 4.78 is 1.04. The first-order valence-corrected chi connectivity index (χ1v) is 6.99. The van der Waals surface area contributed by atoms with Gasteiger partial charge in [0.15, 0.2) is 0 Å². The quantitative estimate of drug-likeness (QED) is 0.923. The molecule has 1 N–H and O–H groups in total. The fourth-order valence-electron chi connectivity index (χ4n) is 2.06. The maximum atomic E-state index is 11.0. The van der Waals surface area contributed by atoms with Crippen molar-refractivity contribution in [3.8, 4) is 0 Å². The number of carbonyl (C=O) groups is 1. The van der Waals surface area contributed by atoms with Crippen LogP contribution in [0.3, 0.4) is 0 Å². The fraction of sp³-hybridized carbons (Fsp3) is 0.417. The van der Waals surface area contributed by atoms with Crippen LogP contribution in [-0.4, -0.2) is 16.3 Å². The van der Waals surface area contributed by atoms with Crippen LogP contribution in [-0.2, 0) is 4.79 Å². The molecule has 2 unspecified atom stereocenters. The van der Waals surface area contributed by atoms with Crippen molar-refractivity contribution in [3.63, 3.8) is 0 Å². The summed E-state index contributed by atoms with van der Waals surface area (Å²) >= 11 is 5.12. The Kier molecular flexibility index (Phi) is 3.92. The number of carboxylic acid groups (broad SMARTS) is 1. The minimum absolute atomic E-state index is 0.177. The van der Waals surface area contributed by atoms with Gasteiger partial charge in [0.1, 0.15) is 0 Å². The molecule has 2 atom stereocenters. The molecule has 1 aliphatic carbocycles. The first-order valence-electron chi connectivity index (χ1n) is 5.32. The highest BCUT2D eigenvalue weighted by atomic mass is 79.9. The summed E-state index contributed by atoms with van der Waals surface area (Å²) in [6, 6.07) is 8.04. The summed E-state index contributed by atoms with van der Waals surface area (Å²) in [6.07, 6.45) is 2.86. The van der Waals surface area contributed by atoms with Crippen LogP contribution in [0.15, 0.2) is 33.6 Å². The highest BCUT2D eigenvalue weighted by Gasteiger charge is 2.33. The van der Waals surface area contributed by atoms with Gasteiger partial charge in [-0.05, 0) is 31.0 Å². The number of rotatable bonds is 3. The van der Waals surface area contributed by atoms with Crippen LogP contribution in [0.5, 0.6) is 0 Å². The second-order valence-corrected chi connectivity index (χ2v) is 6.22. The molecule has 1 aromatic rings. The molecular formula is C12H13BrO2S. The third-order valence-electron chi connectivity index (χ3n) is 2.85. The van der Waals surface area contributed by atoms with Crippen LogP contribution < -0.4 is 0 Å². The van der Waals surface area contributed by atoms with Crippen molar-refractivity contribution in [2.75, 3.05) is 0 Å². The van der Waals surface area contributed by atoms with E-state index in [0.29, 0.717) is 0 Å². The molecule has 0 saturated heterocycles. The predicted molar refractivity (Wildman–Crippen MR) is 68.8 cm³/mol. The summed E-state index contributed by atoms with van der Waals surface area (Å²) in [5.41, 5.74) is 0. The summed E-state index contributed by atoms with van der Waals surface area (Å²) in [5.74, 6) is -0.825. The Morgan fingerprint density at radius 2 is 2.25 bits per heavy atom. The molecule has 1 saturated carbocycles. The second kappa shape index (κ2) is 5.23. The predicted octanol–water partition coefficient (Wildman–Crippen LogP) is 3.79. The summed E-state index contributed by atoms with van der Waals surface area (Å²) in [4.78, 5) is 12.2. The van der Waals surface area contributed by atoms with Crippen molar-refractivity contribution in [3.05, 3.63) is 28.7 Å². The van der Waals surface area contributed by atoms with Gasteiger partial charge in [0, 0.05) is 14.6 Å². The van der Waals surface area contributed by atoms with Gasteiger partial charge in [-0.25, -0.2) is 0 Å². The molecule has 0 bridgehead atoms. The van der Waals surface area contributed by atoms with E-state index >= 15 is 0 Å². The van der Waals surface area contributed by atoms with Crippen LogP contribution in [0, 0.1) is 5.92 Å². The van der Waals surface area contributed by atoms with Gasteiger partial charge in [-0.2, -0.15) is 0 Å². The number of halogens is 1. The minimum Gasteiger partial charge on any atom is -0.481 e. The Hall–Kier alpha value is -0.480. The van der Waals surface area contributed by atoms with Crippen LogP contribution in [0.25, 0.3) is 0 Å². The zero-order chi connectivity index (χ0) is 11.5. The van der Waals surface area contributed by atoms with Crippen LogP contribution in [0.2, 0.25) is 0 Å². The Balaban J connectivity index is 2.06. The molecule has 2 nitrogen and oxygen atoms in total. The number of aliphatic carboxylic acids is 1. The van der Waals surface area contributed by atoms with E-state index < -0.39 is 5.97 Å². The Morgan fingerprint density at radius 1 is 1.44 bits per heavy atom. The summed E-state index contributed by atoms with van der Waals surface area (Å²) in [5, 5.41) is 9.32. The lowest BCUT2D eigenvalue weighted by molar-refractivity contribution is -0.141. The molecule has 1 aromatic carbocycles. The van der Waals surface area contributed by atoms with Crippen molar-refractivity contribution in [2.24, 2.45) is 5.92 Å². The summed E-state index contributed by atoms with van der Waals surface area (Å²) in [6.45, 7) is 0. The Morgan fingerprint density at radius 3 is 2.94 bits per heavy atom. The van der Waals surface area contributed by atoms with Gasteiger partial charge in [-0.3, -0.25) is 4.79 Å². The highest BCUT2D eigenvalue weighted by molar-refractivity contribution is 9.10. The molecule has 0 heterocycles. The number of hydrogen-bond donors (Lipinski definition) is 1. The number of carboxylic acids is 1. The van der Waals surface area contributed by atoms with Gasteiger partial charge in [-0.1, -0.05) is 28.4 Å². The smallest absolute Gasteiger partial charge is 0.307 e. The number of thioether (sulfide) groups is 1. The summed E-state index contributed by atoms with van der Waals surface area (Å²) in [7, 11) is 0. The number of hydrogen-bond acceptors (Lipinski definition) is 2. The van der Waals surface area contributed by atoms with Crippen LogP contribution in [0.1, 0.15) is 19.3 Å². The normalized spacial score (nSPS) is 24.6. The van der Waals surface area contributed by atoms with Crippen molar-refractivity contribution in [1.29, 1.82) is 0 Å². The third kappa shape index (κ3) is 2.80. The molecule has 2 rings (SSSR count). The van der Waals surface area contributed by atoms with Gasteiger partial charge in [0.05, 0.1) is 5.92 Å². The van der Waals surface area contributed by atoms with E-state index in [2.05, 4.69) is 15.9 Å². The lowest BCUT2D eigenvalue weighted by Crippen LogP contribution is -2.19. The van der Waals surface area contributed by atoms with E-state index in [-0.39, 0.29) is 11.2 Å². The molecule has 4 heteroatoms. The minimum atomic E-state index is -0.648. The van der Waals surface area contributed by atoms with E-state index in [1.54, 1.807) is 11.8 Å². The highest BCUT2D eigenvalue weighted by Crippen LogP contribution is 2.39. The molecule has 1 fully saturated rings. The molecule has 0 aliphatic heterocycles. The molecule has 0 amide bonds. The molecule has 1 aliphatic rings. The third-order valence-corrected chi connectivity index (χ3v) is 4.74. The van der Waals surface area contributed by atoms with Crippen LogP contribution >= 0.6 is 27.7 Å². The standard InChI is InChI=1S/C12H13BrO2S/c13-8-3-1-4-9(7-8)16-11-6-2-5-10(11)12(14)15/h1,3-4,7,10-11H,2,5-6H2,(H,14,15). The van der Waals surface area contributed by atoms with Gasteiger partial charge < -0.3 is 5.11 Å². The largest absolute Gasteiger partial charge is 0.481 e. The molecule has 0 aromatic heterocycles. The first-order chi connectivity index (χ1) is 7.66.